The standard InChI is InChI=1S/C6H12Te2/c1-6(2)4-3-5-7-8-6/h3-5H2,1-2H3. The van der Waals surface area contributed by atoms with Crippen molar-refractivity contribution in [2.45, 2.75) is 34.6 Å². The molecule has 0 spiro atoms. The minimum absolute atomic E-state index is 0.538. The van der Waals surface area contributed by atoms with Crippen LogP contribution in [0.3, 0.4) is 0 Å². The van der Waals surface area contributed by atoms with Crippen LogP contribution in [-0.2, 0) is 0 Å². The molecule has 1 rings (SSSR count). The Balaban J connectivity index is 2.33. The molecule has 0 bridgehead atoms. The molecule has 1 fully saturated rings. The van der Waals surface area contributed by atoms with Gasteiger partial charge in [0.2, 0.25) is 0 Å². The average Bonchev–Trinajstić information content (AvgIpc) is 1.65. The Morgan fingerprint density at radius 2 is 2.12 bits per heavy atom. The van der Waals surface area contributed by atoms with Crippen LogP contribution >= 0.6 is 0 Å². The van der Waals surface area contributed by atoms with E-state index in [9.17, 15) is 0 Å². The van der Waals surface area contributed by atoms with Crippen molar-refractivity contribution in [1.82, 2.24) is 0 Å². The zero-order valence-electron chi connectivity index (χ0n) is 5.44. The molecule has 2 heteroatoms. The summed E-state index contributed by atoms with van der Waals surface area (Å²) in [4.78, 5) is 0. The zero-order valence-corrected chi connectivity index (χ0v) is 10.1. The summed E-state index contributed by atoms with van der Waals surface area (Å²) in [5.41, 5.74) is 0. The summed E-state index contributed by atoms with van der Waals surface area (Å²) < 4.78 is 2.53. The molecule has 0 N–H and O–H groups in total. The Hall–Kier alpha value is 1.58. The molecule has 0 aromatic heterocycles. The van der Waals surface area contributed by atoms with E-state index in [2.05, 4.69) is 13.8 Å². The van der Waals surface area contributed by atoms with Gasteiger partial charge >= 0.3 is 68.7 Å². The van der Waals surface area contributed by atoms with Crippen LogP contribution in [0.15, 0.2) is 0 Å². The van der Waals surface area contributed by atoms with Crippen LogP contribution in [0.25, 0.3) is 0 Å². The van der Waals surface area contributed by atoms with E-state index < -0.39 is 0 Å². The maximum atomic E-state index is 2.47. The minimum atomic E-state index is 0.538. The zero-order chi connectivity index (χ0) is 6.04. The SMILES string of the molecule is CC1(C)CCC[Te][Te]1. The van der Waals surface area contributed by atoms with E-state index in [0.29, 0.717) is 34.1 Å². The van der Waals surface area contributed by atoms with Crippen molar-refractivity contribution in [3.8, 4) is 0 Å². The van der Waals surface area contributed by atoms with Gasteiger partial charge in [0.15, 0.2) is 0 Å². The number of rotatable bonds is 0. The molecule has 1 aliphatic rings. The van der Waals surface area contributed by atoms with Gasteiger partial charge in [0.25, 0.3) is 0 Å². The predicted octanol–water partition coefficient (Wildman–Crippen LogP) is 1.72. The van der Waals surface area contributed by atoms with Crippen molar-refractivity contribution >= 4 is 34.1 Å². The first kappa shape index (κ1) is 7.68. The van der Waals surface area contributed by atoms with Gasteiger partial charge in [-0.25, -0.2) is 0 Å². The molecule has 0 nitrogen and oxygen atoms in total. The van der Waals surface area contributed by atoms with Crippen LogP contribution in [-0.4, -0.2) is 34.1 Å². The topological polar surface area (TPSA) is 0 Å². The fourth-order valence-corrected chi connectivity index (χ4v) is 14.9. The van der Waals surface area contributed by atoms with E-state index in [1.54, 1.807) is 17.3 Å². The third-order valence-electron chi connectivity index (χ3n) is 1.29. The van der Waals surface area contributed by atoms with Crippen molar-refractivity contribution in [2.75, 3.05) is 0 Å². The fourth-order valence-electron chi connectivity index (χ4n) is 0.800. The molecular weight excluding hydrogens is 327 g/mol. The summed E-state index contributed by atoms with van der Waals surface area (Å²) in [6, 6.07) is 0. The van der Waals surface area contributed by atoms with Gasteiger partial charge in [-0.15, -0.1) is 0 Å². The van der Waals surface area contributed by atoms with Crippen LogP contribution in [0, 0.1) is 0 Å². The fraction of sp³-hybridized carbons (Fsp3) is 1.00. The molecule has 1 heterocycles. The molecule has 48 valence electrons. The Morgan fingerprint density at radius 3 is 2.38 bits per heavy atom. The molecule has 0 saturated carbocycles. The van der Waals surface area contributed by atoms with Crippen molar-refractivity contribution < 1.29 is 0 Å². The van der Waals surface area contributed by atoms with Crippen molar-refractivity contribution in [1.29, 1.82) is 0 Å². The Bertz CT molecular complexity index is 70.6. The van der Waals surface area contributed by atoms with E-state index in [1.165, 1.54) is 0 Å². The second-order valence-electron chi connectivity index (χ2n) is 2.77. The average molecular weight is 339 g/mol. The van der Waals surface area contributed by atoms with Crippen LogP contribution < -0.4 is 0 Å². The van der Waals surface area contributed by atoms with Crippen LogP contribution in [0.1, 0.15) is 26.7 Å². The molecule has 0 aromatic carbocycles. The molecule has 0 unspecified atom stereocenters. The summed E-state index contributed by atoms with van der Waals surface area (Å²) in [7, 11) is 0. The summed E-state index contributed by atoms with van der Waals surface area (Å²) in [6.07, 6.45) is 3.10. The van der Waals surface area contributed by atoms with E-state index in [-0.39, 0.29) is 0 Å². The summed E-state index contributed by atoms with van der Waals surface area (Å²) in [6.45, 7) is 4.94. The van der Waals surface area contributed by atoms with Crippen LogP contribution in [0.2, 0.25) is 7.93 Å². The van der Waals surface area contributed by atoms with E-state index >= 15 is 0 Å². The second-order valence-corrected chi connectivity index (χ2v) is 15.9. The molecule has 0 aromatic rings. The number of hydrogen-bond donors (Lipinski definition) is 0. The van der Waals surface area contributed by atoms with Crippen molar-refractivity contribution in [2.24, 2.45) is 0 Å². The Labute approximate surface area is 68.1 Å². The molecule has 1 aliphatic heterocycles. The quantitative estimate of drug-likeness (QED) is 0.590. The third kappa shape index (κ3) is 2.45. The van der Waals surface area contributed by atoms with Gasteiger partial charge in [-0.05, 0) is 0 Å². The van der Waals surface area contributed by atoms with Gasteiger partial charge in [0.05, 0.1) is 0 Å². The molecule has 8 heavy (non-hydrogen) atoms. The molecular formula is C6H12Te2. The van der Waals surface area contributed by atoms with Crippen LogP contribution in [0.5, 0.6) is 0 Å². The second kappa shape index (κ2) is 3.11. The summed E-state index contributed by atoms with van der Waals surface area (Å²) in [5.74, 6) is 0. The molecule has 0 aliphatic carbocycles. The van der Waals surface area contributed by atoms with Gasteiger partial charge < -0.3 is 0 Å². The molecule has 1 saturated heterocycles. The first-order valence-corrected chi connectivity index (χ1v) is 13.2. The van der Waals surface area contributed by atoms with Gasteiger partial charge in [-0.1, -0.05) is 0 Å². The first-order valence-electron chi connectivity index (χ1n) is 3.01. The Morgan fingerprint density at radius 1 is 1.38 bits per heavy atom. The third-order valence-corrected chi connectivity index (χ3v) is 18.9. The predicted molar refractivity (Wildman–Crippen MR) is 39.6 cm³/mol. The number of hydrogen-bond acceptors (Lipinski definition) is 0. The maximum absolute atomic E-state index is 2.47. The first-order chi connectivity index (χ1) is 3.71. The summed E-state index contributed by atoms with van der Waals surface area (Å²) in [5, 5.41) is 0. The molecule has 0 radical (unpaired) electrons. The van der Waals surface area contributed by atoms with Crippen molar-refractivity contribution in [3.05, 3.63) is 0 Å². The van der Waals surface area contributed by atoms with Gasteiger partial charge in [-0.3, -0.25) is 0 Å². The van der Waals surface area contributed by atoms with Crippen molar-refractivity contribution in [3.63, 3.8) is 0 Å². The monoisotopic (exact) mass is 344 g/mol. The van der Waals surface area contributed by atoms with Crippen LogP contribution in [0.4, 0.5) is 0 Å². The summed E-state index contributed by atoms with van der Waals surface area (Å²) >= 11 is 1.14. The van der Waals surface area contributed by atoms with Gasteiger partial charge in [0.1, 0.15) is 0 Å². The van der Waals surface area contributed by atoms with Gasteiger partial charge in [-0.2, -0.15) is 0 Å². The van der Waals surface area contributed by atoms with E-state index in [4.69, 9.17) is 0 Å². The molecule has 0 atom stereocenters. The van der Waals surface area contributed by atoms with E-state index in [0.717, 1.165) is 3.46 Å². The van der Waals surface area contributed by atoms with Gasteiger partial charge in [0, 0.05) is 0 Å². The van der Waals surface area contributed by atoms with E-state index in [1.807, 2.05) is 0 Å². The normalized spacial score (nSPS) is 27.8. The Kier molecular flexibility index (Phi) is 2.99. The molecule has 0 amide bonds.